The highest BCUT2D eigenvalue weighted by atomic mass is 32.2. The van der Waals surface area contributed by atoms with Crippen LogP contribution in [0.5, 0.6) is 11.5 Å². The van der Waals surface area contributed by atoms with Crippen LogP contribution in [-0.2, 0) is 24.2 Å². The van der Waals surface area contributed by atoms with Crippen LogP contribution in [-0.4, -0.2) is 69.6 Å². The monoisotopic (exact) mass is 423 g/mol. The van der Waals surface area contributed by atoms with Crippen molar-refractivity contribution in [2.24, 2.45) is 0 Å². The van der Waals surface area contributed by atoms with Gasteiger partial charge in [0.1, 0.15) is 11.5 Å². The molecule has 2 fully saturated rings. The number of ether oxygens (including phenoxy) is 3. The molecule has 0 spiro atoms. The molecule has 1 aromatic carbocycles. The summed E-state index contributed by atoms with van der Waals surface area (Å²) in [4.78, 5) is 26.2. The van der Waals surface area contributed by atoms with E-state index in [2.05, 4.69) is 0 Å². The molecular formula is C20H25NO7S. The molecule has 1 heterocycles. The first kappa shape index (κ1) is 21.2. The Morgan fingerprint density at radius 2 is 1.72 bits per heavy atom. The number of rotatable bonds is 8. The fourth-order valence-corrected chi connectivity index (χ4v) is 5.11. The third-order valence-corrected chi connectivity index (χ3v) is 6.70. The van der Waals surface area contributed by atoms with Crippen molar-refractivity contribution < 1.29 is 32.2 Å². The van der Waals surface area contributed by atoms with Gasteiger partial charge in [-0.1, -0.05) is 0 Å². The highest BCUT2D eigenvalue weighted by Crippen LogP contribution is 2.32. The Labute approximate surface area is 170 Å². The zero-order valence-corrected chi connectivity index (χ0v) is 17.3. The summed E-state index contributed by atoms with van der Waals surface area (Å²) in [6.07, 6.45) is 4.92. The molecule has 1 amide bonds. The van der Waals surface area contributed by atoms with Crippen LogP contribution in [0.1, 0.15) is 24.8 Å². The van der Waals surface area contributed by atoms with Gasteiger partial charge in [-0.2, -0.15) is 0 Å². The molecule has 1 aliphatic heterocycles. The average Bonchev–Trinajstić information content (AvgIpc) is 3.47. The number of hydrogen-bond acceptors (Lipinski definition) is 7. The van der Waals surface area contributed by atoms with Gasteiger partial charge in [0, 0.05) is 24.2 Å². The molecule has 0 aromatic heterocycles. The van der Waals surface area contributed by atoms with Crippen molar-refractivity contribution >= 4 is 27.8 Å². The minimum absolute atomic E-state index is 0.0131. The lowest BCUT2D eigenvalue weighted by Gasteiger charge is -2.28. The van der Waals surface area contributed by atoms with Gasteiger partial charge in [0.15, 0.2) is 16.4 Å². The number of methoxy groups -OCH3 is 2. The lowest BCUT2D eigenvalue weighted by atomic mass is 10.2. The molecule has 1 aliphatic carbocycles. The van der Waals surface area contributed by atoms with E-state index in [1.54, 1.807) is 29.2 Å². The van der Waals surface area contributed by atoms with E-state index in [1.807, 2.05) is 0 Å². The summed E-state index contributed by atoms with van der Waals surface area (Å²) in [7, 11) is -0.0329. The van der Waals surface area contributed by atoms with Gasteiger partial charge in [-0.05, 0) is 43.0 Å². The summed E-state index contributed by atoms with van der Waals surface area (Å²) in [5.74, 6) is 0.245. The molecule has 158 valence electrons. The molecule has 3 rings (SSSR count). The van der Waals surface area contributed by atoms with Gasteiger partial charge in [0.2, 0.25) is 0 Å². The van der Waals surface area contributed by atoms with Crippen molar-refractivity contribution in [3.05, 3.63) is 29.8 Å². The van der Waals surface area contributed by atoms with E-state index in [4.69, 9.17) is 14.2 Å². The van der Waals surface area contributed by atoms with E-state index in [-0.39, 0.29) is 29.5 Å². The maximum absolute atomic E-state index is 12.6. The molecule has 0 bridgehead atoms. The van der Waals surface area contributed by atoms with Gasteiger partial charge in [-0.3, -0.25) is 4.79 Å². The van der Waals surface area contributed by atoms with Crippen LogP contribution in [0.25, 0.3) is 6.08 Å². The van der Waals surface area contributed by atoms with Gasteiger partial charge in [-0.15, -0.1) is 0 Å². The van der Waals surface area contributed by atoms with Crippen molar-refractivity contribution in [3.63, 3.8) is 0 Å². The minimum atomic E-state index is -3.10. The summed E-state index contributed by atoms with van der Waals surface area (Å²) in [6, 6.07) is 4.90. The van der Waals surface area contributed by atoms with Gasteiger partial charge in [0.25, 0.3) is 5.91 Å². The minimum Gasteiger partial charge on any atom is -0.497 e. The van der Waals surface area contributed by atoms with Crippen LogP contribution in [0.3, 0.4) is 0 Å². The smallest absolute Gasteiger partial charge is 0.331 e. The van der Waals surface area contributed by atoms with Gasteiger partial charge < -0.3 is 19.1 Å². The first-order chi connectivity index (χ1) is 13.8. The second-order valence-corrected chi connectivity index (χ2v) is 9.40. The Morgan fingerprint density at radius 1 is 1.07 bits per heavy atom. The van der Waals surface area contributed by atoms with Crippen LogP contribution in [0, 0.1) is 0 Å². The second-order valence-electron chi connectivity index (χ2n) is 7.18. The van der Waals surface area contributed by atoms with Gasteiger partial charge in [-0.25, -0.2) is 13.2 Å². The number of benzene rings is 1. The first-order valence-corrected chi connectivity index (χ1v) is 11.2. The molecule has 1 saturated heterocycles. The number of sulfone groups is 1. The van der Waals surface area contributed by atoms with Crippen LogP contribution in [0.4, 0.5) is 0 Å². The van der Waals surface area contributed by atoms with Crippen molar-refractivity contribution in [2.45, 2.75) is 31.3 Å². The second kappa shape index (κ2) is 8.86. The van der Waals surface area contributed by atoms with Crippen LogP contribution in [0.15, 0.2) is 24.3 Å². The first-order valence-electron chi connectivity index (χ1n) is 9.41. The molecule has 1 aromatic rings. The molecule has 9 heteroatoms. The zero-order chi connectivity index (χ0) is 21.0. The lowest BCUT2D eigenvalue weighted by Crippen LogP contribution is -2.44. The Bertz CT molecular complexity index is 883. The highest BCUT2D eigenvalue weighted by molar-refractivity contribution is 7.91. The largest absolute Gasteiger partial charge is 0.497 e. The van der Waals surface area contributed by atoms with Crippen LogP contribution < -0.4 is 9.47 Å². The molecule has 8 nitrogen and oxygen atoms in total. The summed E-state index contributed by atoms with van der Waals surface area (Å²) in [5, 5.41) is 0. The highest BCUT2D eigenvalue weighted by Gasteiger charge is 2.42. The summed E-state index contributed by atoms with van der Waals surface area (Å²) in [5.41, 5.74) is 0.681. The standard InChI is InChI=1S/C20H25NO7S/c1-26-17-9-14(10-18(11-17)27-2)3-6-20(23)28-12-19(22)21(15-4-5-15)16-7-8-29(24,25)13-16/h3,6,9-11,15-16H,4-5,7-8,12-13H2,1-2H3/b6-3+/t16-/m1/s1. The summed E-state index contributed by atoms with van der Waals surface area (Å²) in [6.45, 7) is -0.405. The van der Waals surface area contributed by atoms with E-state index >= 15 is 0 Å². The van der Waals surface area contributed by atoms with Crippen molar-refractivity contribution in [2.75, 3.05) is 32.3 Å². The summed E-state index contributed by atoms with van der Waals surface area (Å²) < 4.78 is 38.9. The van der Waals surface area contributed by atoms with Crippen LogP contribution in [0.2, 0.25) is 0 Å². The number of carbonyl (C=O) groups is 2. The van der Waals surface area contributed by atoms with E-state index in [0.717, 1.165) is 12.8 Å². The third kappa shape index (κ3) is 5.72. The van der Waals surface area contributed by atoms with Crippen molar-refractivity contribution in [3.8, 4) is 11.5 Å². The molecular weight excluding hydrogens is 398 g/mol. The Balaban J connectivity index is 1.57. The predicted octanol–water partition coefficient (Wildman–Crippen LogP) is 1.44. The lowest BCUT2D eigenvalue weighted by molar-refractivity contribution is -0.149. The maximum atomic E-state index is 12.6. The quantitative estimate of drug-likeness (QED) is 0.461. The Kier molecular flexibility index (Phi) is 6.46. The van der Waals surface area contributed by atoms with E-state index < -0.39 is 22.4 Å². The van der Waals surface area contributed by atoms with Gasteiger partial charge >= 0.3 is 5.97 Å². The molecule has 0 N–H and O–H groups in total. The molecule has 1 saturated carbocycles. The van der Waals surface area contributed by atoms with Crippen molar-refractivity contribution in [1.82, 2.24) is 4.90 Å². The average molecular weight is 423 g/mol. The summed E-state index contributed by atoms with van der Waals surface area (Å²) >= 11 is 0. The number of esters is 1. The zero-order valence-electron chi connectivity index (χ0n) is 16.5. The number of nitrogens with zero attached hydrogens (tertiary/aromatic N) is 1. The van der Waals surface area contributed by atoms with E-state index in [9.17, 15) is 18.0 Å². The molecule has 2 aliphatic rings. The Hall–Kier alpha value is -2.55. The number of carbonyl (C=O) groups excluding carboxylic acids is 2. The number of amides is 1. The molecule has 29 heavy (non-hydrogen) atoms. The topological polar surface area (TPSA) is 99.2 Å². The van der Waals surface area contributed by atoms with Crippen LogP contribution >= 0.6 is 0 Å². The predicted molar refractivity (Wildman–Crippen MR) is 106 cm³/mol. The van der Waals surface area contributed by atoms with E-state index in [0.29, 0.717) is 23.5 Å². The maximum Gasteiger partial charge on any atom is 0.331 e. The van der Waals surface area contributed by atoms with Crippen molar-refractivity contribution in [1.29, 1.82) is 0 Å². The molecule has 0 unspecified atom stereocenters. The van der Waals surface area contributed by atoms with E-state index in [1.165, 1.54) is 20.3 Å². The Morgan fingerprint density at radius 3 is 2.24 bits per heavy atom. The normalized spacial score (nSPS) is 20.4. The number of hydrogen-bond donors (Lipinski definition) is 0. The fourth-order valence-electron chi connectivity index (χ4n) is 3.40. The SMILES string of the molecule is COc1cc(/C=C/C(=O)OCC(=O)N(C2CC2)[C@@H]2CCS(=O)(=O)C2)cc(OC)c1. The molecule has 0 radical (unpaired) electrons. The van der Waals surface area contributed by atoms with Gasteiger partial charge in [0.05, 0.1) is 25.7 Å². The fraction of sp³-hybridized carbons (Fsp3) is 0.500. The molecule has 1 atom stereocenters. The third-order valence-electron chi connectivity index (χ3n) is 4.95.